The summed E-state index contributed by atoms with van der Waals surface area (Å²) in [6, 6.07) is 4.00. The normalized spacial score (nSPS) is 19.3. The number of hydrogen-bond donors (Lipinski definition) is 0. The minimum Gasteiger partial charge on any atom is -0.340 e. The van der Waals surface area contributed by atoms with Crippen LogP contribution in [0.2, 0.25) is 0 Å². The maximum Gasteiger partial charge on any atom is 0.227 e. The van der Waals surface area contributed by atoms with Gasteiger partial charge in [0, 0.05) is 38.5 Å². The van der Waals surface area contributed by atoms with Crippen LogP contribution >= 0.6 is 11.3 Å². The Morgan fingerprint density at radius 2 is 2.04 bits per heavy atom. The zero-order chi connectivity index (χ0) is 17.8. The van der Waals surface area contributed by atoms with Crippen molar-refractivity contribution in [2.75, 3.05) is 32.7 Å². The highest BCUT2D eigenvalue weighted by molar-refractivity contribution is 7.13. The number of rotatable bonds is 6. The van der Waals surface area contributed by atoms with Crippen molar-refractivity contribution in [3.63, 3.8) is 0 Å². The second-order valence-corrected chi connectivity index (χ2v) is 8.19. The molecule has 2 aromatic rings. The molecule has 7 heteroatoms. The lowest BCUT2D eigenvalue weighted by molar-refractivity contribution is -0.137. The van der Waals surface area contributed by atoms with Crippen LogP contribution in [0, 0.1) is 5.92 Å². The van der Waals surface area contributed by atoms with Gasteiger partial charge in [0.1, 0.15) is 0 Å². The van der Waals surface area contributed by atoms with Crippen molar-refractivity contribution in [3.8, 4) is 10.7 Å². The topological polar surface area (TPSA) is 62.5 Å². The molecule has 0 radical (unpaired) electrons. The van der Waals surface area contributed by atoms with Crippen LogP contribution in [0.25, 0.3) is 10.7 Å². The van der Waals surface area contributed by atoms with Gasteiger partial charge >= 0.3 is 0 Å². The van der Waals surface area contributed by atoms with Gasteiger partial charge in [0.2, 0.25) is 17.6 Å². The lowest BCUT2D eigenvalue weighted by Gasteiger charge is -2.36. The summed E-state index contributed by atoms with van der Waals surface area (Å²) >= 11 is 1.62. The van der Waals surface area contributed by atoms with Crippen molar-refractivity contribution < 1.29 is 9.32 Å². The second-order valence-electron chi connectivity index (χ2n) is 7.24. The molecule has 0 spiro atoms. The van der Waals surface area contributed by atoms with E-state index in [1.807, 2.05) is 17.5 Å². The number of aromatic nitrogens is 2. The molecule has 1 aliphatic carbocycles. The Bertz CT molecular complexity index is 701. The molecule has 0 N–H and O–H groups in total. The summed E-state index contributed by atoms with van der Waals surface area (Å²) < 4.78 is 5.36. The molecular formula is C19H26N4O2S. The summed E-state index contributed by atoms with van der Waals surface area (Å²) in [6.07, 6.45) is 6.44. The zero-order valence-corrected chi connectivity index (χ0v) is 15.9. The molecule has 1 saturated carbocycles. The van der Waals surface area contributed by atoms with E-state index < -0.39 is 0 Å². The van der Waals surface area contributed by atoms with Crippen LogP contribution in [0.1, 0.15) is 38.0 Å². The fourth-order valence-corrected chi connectivity index (χ4v) is 4.59. The highest BCUT2D eigenvalue weighted by Crippen LogP contribution is 2.27. The predicted octanol–water partition coefficient (Wildman–Crippen LogP) is 3.07. The lowest BCUT2D eigenvalue weighted by Crippen LogP contribution is -2.50. The van der Waals surface area contributed by atoms with Crippen LogP contribution < -0.4 is 0 Å². The molecule has 0 atom stereocenters. The van der Waals surface area contributed by atoms with Gasteiger partial charge in [-0.15, -0.1) is 11.3 Å². The molecule has 3 heterocycles. The molecular weight excluding hydrogens is 348 g/mol. The van der Waals surface area contributed by atoms with Crippen molar-refractivity contribution >= 4 is 17.2 Å². The first-order valence-electron chi connectivity index (χ1n) is 9.67. The molecule has 1 amide bonds. The van der Waals surface area contributed by atoms with Crippen LogP contribution in [0.4, 0.5) is 0 Å². The van der Waals surface area contributed by atoms with E-state index in [1.54, 1.807) is 11.3 Å². The Morgan fingerprint density at radius 3 is 2.77 bits per heavy atom. The largest absolute Gasteiger partial charge is 0.340 e. The fourth-order valence-electron chi connectivity index (χ4n) is 3.94. The monoisotopic (exact) mass is 374 g/mol. The SMILES string of the molecule is O=C(C1CCCC1)N1CCN(CCCc2nc(-c3cccs3)no2)CC1. The van der Waals surface area contributed by atoms with Crippen LogP contribution in [0.5, 0.6) is 0 Å². The first-order chi connectivity index (χ1) is 12.8. The van der Waals surface area contributed by atoms with Gasteiger partial charge in [0.05, 0.1) is 4.88 Å². The van der Waals surface area contributed by atoms with Gasteiger partial charge in [0.25, 0.3) is 0 Å². The van der Waals surface area contributed by atoms with E-state index >= 15 is 0 Å². The van der Waals surface area contributed by atoms with Crippen LogP contribution in [0.3, 0.4) is 0 Å². The van der Waals surface area contributed by atoms with Gasteiger partial charge in [-0.3, -0.25) is 9.69 Å². The number of carbonyl (C=O) groups excluding carboxylic acids is 1. The molecule has 4 rings (SSSR count). The van der Waals surface area contributed by atoms with Gasteiger partial charge in [0.15, 0.2) is 0 Å². The van der Waals surface area contributed by atoms with Gasteiger partial charge < -0.3 is 9.42 Å². The van der Waals surface area contributed by atoms with Crippen molar-refractivity contribution in [2.24, 2.45) is 5.92 Å². The van der Waals surface area contributed by atoms with E-state index in [9.17, 15) is 4.79 Å². The van der Waals surface area contributed by atoms with Crippen molar-refractivity contribution in [1.29, 1.82) is 0 Å². The maximum absolute atomic E-state index is 12.5. The van der Waals surface area contributed by atoms with E-state index in [1.165, 1.54) is 12.8 Å². The van der Waals surface area contributed by atoms with Gasteiger partial charge in [-0.2, -0.15) is 4.98 Å². The van der Waals surface area contributed by atoms with Gasteiger partial charge in [-0.25, -0.2) is 0 Å². The molecule has 1 saturated heterocycles. The molecule has 140 valence electrons. The Balaban J connectivity index is 1.18. The maximum atomic E-state index is 12.5. The lowest BCUT2D eigenvalue weighted by atomic mass is 10.1. The number of aryl methyl sites for hydroxylation is 1. The smallest absolute Gasteiger partial charge is 0.227 e. The minimum absolute atomic E-state index is 0.302. The third kappa shape index (κ3) is 4.15. The quantitative estimate of drug-likeness (QED) is 0.778. The molecule has 6 nitrogen and oxygen atoms in total. The molecule has 1 aliphatic heterocycles. The highest BCUT2D eigenvalue weighted by Gasteiger charge is 2.29. The first-order valence-corrected chi connectivity index (χ1v) is 10.5. The predicted molar refractivity (Wildman–Crippen MR) is 101 cm³/mol. The average molecular weight is 375 g/mol. The third-order valence-electron chi connectivity index (χ3n) is 5.46. The van der Waals surface area contributed by atoms with Crippen molar-refractivity contribution in [3.05, 3.63) is 23.4 Å². The second kappa shape index (κ2) is 8.31. The van der Waals surface area contributed by atoms with Crippen LogP contribution in [-0.4, -0.2) is 58.6 Å². The van der Waals surface area contributed by atoms with Gasteiger partial charge in [-0.1, -0.05) is 24.1 Å². The van der Waals surface area contributed by atoms with Crippen LogP contribution in [0.15, 0.2) is 22.0 Å². The fraction of sp³-hybridized carbons (Fsp3) is 0.632. The number of thiophene rings is 1. The number of hydrogen-bond acceptors (Lipinski definition) is 6. The van der Waals surface area contributed by atoms with E-state index in [4.69, 9.17) is 4.52 Å². The van der Waals surface area contributed by atoms with Crippen LogP contribution in [-0.2, 0) is 11.2 Å². The molecule has 0 aromatic carbocycles. The summed E-state index contributed by atoms with van der Waals surface area (Å²) in [4.78, 5) is 22.5. The zero-order valence-electron chi connectivity index (χ0n) is 15.1. The van der Waals surface area contributed by atoms with E-state index in [0.717, 1.165) is 63.3 Å². The van der Waals surface area contributed by atoms with Crippen molar-refractivity contribution in [2.45, 2.75) is 38.5 Å². The third-order valence-corrected chi connectivity index (χ3v) is 6.33. The Kier molecular flexibility index (Phi) is 5.65. The molecule has 26 heavy (non-hydrogen) atoms. The number of carbonyl (C=O) groups is 1. The molecule has 2 aromatic heterocycles. The van der Waals surface area contributed by atoms with E-state index in [-0.39, 0.29) is 0 Å². The Morgan fingerprint density at radius 1 is 1.23 bits per heavy atom. The molecule has 0 bridgehead atoms. The molecule has 2 aliphatic rings. The molecule has 0 unspecified atom stereocenters. The summed E-state index contributed by atoms with van der Waals surface area (Å²) in [5.74, 6) is 2.10. The first kappa shape index (κ1) is 17.7. The van der Waals surface area contributed by atoms with Crippen molar-refractivity contribution in [1.82, 2.24) is 19.9 Å². The summed E-state index contributed by atoms with van der Waals surface area (Å²) in [6.45, 7) is 4.71. The highest BCUT2D eigenvalue weighted by atomic mass is 32.1. The summed E-state index contributed by atoms with van der Waals surface area (Å²) in [5.41, 5.74) is 0. The Hall–Kier alpha value is -1.73. The number of piperazine rings is 1. The van der Waals surface area contributed by atoms with E-state index in [2.05, 4.69) is 19.9 Å². The summed E-state index contributed by atoms with van der Waals surface area (Å²) in [7, 11) is 0. The average Bonchev–Trinajstić information content (AvgIpc) is 3.43. The number of nitrogens with zero attached hydrogens (tertiary/aromatic N) is 4. The summed E-state index contributed by atoms with van der Waals surface area (Å²) in [5, 5.41) is 6.07. The standard InChI is InChI=1S/C19H26N4O2S/c24-19(15-5-1-2-6-15)23-12-10-22(11-13-23)9-3-8-17-20-18(21-25-17)16-7-4-14-26-16/h4,7,14-15H,1-3,5-6,8-13H2. The minimum atomic E-state index is 0.302. The van der Waals surface area contributed by atoms with E-state index in [0.29, 0.717) is 23.5 Å². The van der Waals surface area contributed by atoms with Gasteiger partial charge in [-0.05, 0) is 37.3 Å². The number of amides is 1. The Labute approximate surface area is 158 Å². The molecule has 2 fully saturated rings.